The van der Waals surface area contributed by atoms with E-state index < -0.39 is 0 Å². The van der Waals surface area contributed by atoms with Crippen LogP contribution in [0.1, 0.15) is 19.8 Å². The third-order valence-electron chi connectivity index (χ3n) is 3.26. The number of carbonyl (C=O) groups excluding carboxylic acids is 1. The molecule has 0 saturated heterocycles. The highest BCUT2D eigenvalue weighted by Gasteiger charge is 2.26. The largest absolute Gasteiger partial charge is 0.482 e. The number of hydrogen-bond donors (Lipinski definition) is 1. The molecule has 18 heavy (non-hydrogen) atoms. The molecule has 0 aliphatic carbocycles. The lowest BCUT2D eigenvalue weighted by atomic mass is 10.1. The summed E-state index contributed by atoms with van der Waals surface area (Å²) in [6, 6.07) is 8.02. The maximum atomic E-state index is 12.0. The van der Waals surface area contributed by atoms with Crippen molar-refractivity contribution in [3.8, 4) is 5.75 Å². The molecular weight excluding hydrogens is 228 g/mol. The summed E-state index contributed by atoms with van der Waals surface area (Å²) in [5, 5.41) is 3.27. The Balaban J connectivity index is 2.18. The number of benzene rings is 1. The topological polar surface area (TPSA) is 41.6 Å². The highest BCUT2D eigenvalue weighted by Crippen LogP contribution is 2.31. The van der Waals surface area contributed by atoms with Gasteiger partial charge in [0, 0.05) is 12.6 Å². The lowest BCUT2D eigenvalue weighted by molar-refractivity contribution is -0.121. The lowest BCUT2D eigenvalue weighted by Gasteiger charge is -2.32. The van der Waals surface area contributed by atoms with Gasteiger partial charge in [0.1, 0.15) is 5.75 Å². The summed E-state index contributed by atoms with van der Waals surface area (Å²) >= 11 is 0. The number of para-hydroxylation sites is 2. The zero-order valence-electron chi connectivity index (χ0n) is 11.0. The molecule has 0 spiro atoms. The number of nitrogens with one attached hydrogen (secondary N) is 1. The van der Waals surface area contributed by atoms with Crippen molar-refractivity contribution < 1.29 is 9.53 Å². The fourth-order valence-corrected chi connectivity index (χ4v) is 2.25. The number of ether oxygens (including phenoxy) is 1. The molecule has 0 fully saturated rings. The summed E-state index contributed by atoms with van der Waals surface area (Å²) in [5.41, 5.74) is 0.880. The van der Waals surface area contributed by atoms with Gasteiger partial charge in [-0.3, -0.25) is 4.79 Å². The standard InChI is InChI=1S/C14H20N2O2/c1-3-6-11(15-2)9-16-12-7-4-5-8-13(12)18-10-14(16)17/h4-5,7-8,11,15H,3,6,9-10H2,1-2H3. The first-order chi connectivity index (χ1) is 8.76. The van der Waals surface area contributed by atoms with Crippen LogP contribution in [-0.2, 0) is 4.79 Å². The van der Waals surface area contributed by atoms with Crippen molar-refractivity contribution in [3.63, 3.8) is 0 Å². The highest BCUT2D eigenvalue weighted by atomic mass is 16.5. The van der Waals surface area contributed by atoms with E-state index in [0.717, 1.165) is 24.3 Å². The normalized spacial score (nSPS) is 16.1. The van der Waals surface area contributed by atoms with Crippen molar-refractivity contribution in [1.82, 2.24) is 5.32 Å². The summed E-state index contributed by atoms with van der Waals surface area (Å²) in [6.45, 7) is 2.99. The molecule has 0 bridgehead atoms. The van der Waals surface area contributed by atoms with Gasteiger partial charge in [-0.05, 0) is 25.6 Å². The van der Waals surface area contributed by atoms with Gasteiger partial charge < -0.3 is 15.0 Å². The van der Waals surface area contributed by atoms with Crippen LogP contribution in [0.5, 0.6) is 5.75 Å². The second-order valence-electron chi connectivity index (χ2n) is 4.54. The van der Waals surface area contributed by atoms with Gasteiger partial charge in [-0.25, -0.2) is 0 Å². The van der Waals surface area contributed by atoms with Crippen LogP contribution >= 0.6 is 0 Å². The molecule has 4 heteroatoms. The molecule has 1 N–H and O–H groups in total. The summed E-state index contributed by atoms with van der Waals surface area (Å²) in [6.07, 6.45) is 2.16. The zero-order chi connectivity index (χ0) is 13.0. The predicted molar refractivity (Wildman–Crippen MR) is 72.0 cm³/mol. The summed E-state index contributed by atoms with van der Waals surface area (Å²) < 4.78 is 5.43. The second-order valence-corrected chi connectivity index (χ2v) is 4.54. The molecule has 1 heterocycles. The van der Waals surface area contributed by atoms with Crippen LogP contribution in [0.2, 0.25) is 0 Å². The molecule has 1 atom stereocenters. The zero-order valence-corrected chi connectivity index (χ0v) is 11.0. The molecule has 1 aromatic carbocycles. The molecule has 1 unspecified atom stereocenters. The molecule has 1 amide bonds. The average Bonchev–Trinajstić information content (AvgIpc) is 2.41. The van der Waals surface area contributed by atoms with Crippen LogP contribution in [0.25, 0.3) is 0 Å². The Bertz CT molecular complexity index is 420. The van der Waals surface area contributed by atoms with Crippen molar-refractivity contribution in [2.24, 2.45) is 0 Å². The lowest BCUT2D eigenvalue weighted by Crippen LogP contribution is -2.46. The molecule has 1 aliphatic rings. The van der Waals surface area contributed by atoms with E-state index in [1.807, 2.05) is 36.2 Å². The Hall–Kier alpha value is -1.55. The molecule has 0 aromatic heterocycles. The molecule has 4 nitrogen and oxygen atoms in total. The number of fused-ring (bicyclic) bond motifs is 1. The monoisotopic (exact) mass is 248 g/mol. The van der Waals surface area contributed by atoms with Gasteiger partial charge in [0.25, 0.3) is 5.91 Å². The fraction of sp³-hybridized carbons (Fsp3) is 0.500. The first kappa shape index (κ1) is 12.9. The van der Waals surface area contributed by atoms with E-state index in [2.05, 4.69) is 12.2 Å². The Morgan fingerprint density at radius 2 is 2.22 bits per heavy atom. The van der Waals surface area contributed by atoms with Crippen molar-refractivity contribution in [2.45, 2.75) is 25.8 Å². The molecule has 0 saturated carbocycles. The first-order valence-electron chi connectivity index (χ1n) is 6.45. The van der Waals surface area contributed by atoms with E-state index >= 15 is 0 Å². The quantitative estimate of drug-likeness (QED) is 0.864. The van der Waals surface area contributed by atoms with Crippen LogP contribution in [0.4, 0.5) is 5.69 Å². The first-order valence-corrected chi connectivity index (χ1v) is 6.45. The summed E-state index contributed by atoms with van der Waals surface area (Å²) in [7, 11) is 1.94. The number of rotatable bonds is 5. The maximum Gasteiger partial charge on any atom is 0.265 e. The molecule has 1 aromatic rings. The van der Waals surface area contributed by atoms with Crippen LogP contribution in [0.15, 0.2) is 24.3 Å². The van der Waals surface area contributed by atoms with Crippen LogP contribution in [-0.4, -0.2) is 32.1 Å². The minimum atomic E-state index is 0.0325. The number of carbonyl (C=O) groups is 1. The van der Waals surface area contributed by atoms with E-state index in [0.29, 0.717) is 12.6 Å². The van der Waals surface area contributed by atoms with Crippen molar-refractivity contribution in [3.05, 3.63) is 24.3 Å². The van der Waals surface area contributed by atoms with Gasteiger partial charge >= 0.3 is 0 Å². The predicted octanol–water partition coefficient (Wildman–Crippen LogP) is 1.80. The maximum absolute atomic E-state index is 12.0. The Kier molecular flexibility index (Phi) is 4.20. The summed E-state index contributed by atoms with van der Waals surface area (Å²) in [4.78, 5) is 13.8. The Labute approximate surface area is 108 Å². The third-order valence-corrected chi connectivity index (χ3v) is 3.26. The van der Waals surface area contributed by atoms with E-state index in [-0.39, 0.29) is 12.5 Å². The SMILES string of the molecule is CCCC(CN1C(=O)COc2ccccc21)NC. The van der Waals surface area contributed by atoms with Gasteiger partial charge in [-0.15, -0.1) is 0 Å². The van der Waals surface area contributed by atoms with Crippen molar-refractivity contribution >= 4 is 11.6 Å². The molecule has 98 valence electrons. The fourth-order valence-electron chi connectivity index (χ4n) is 2.25. The van der Waals surface area contributed by atoms with Crippen LogP contribution in [0, 0.1) is 0 Å². The van der Waals surface area contributed by atoms with Gasteiger partial charge in [0.15, 0.2) is 6.61 Å². The number of likely N-dealkylation sites (N-methyl/N-ethyl adjacent to an activating group) is 1. The number of anilines is 1. The highest BCUT2D eigenvalue weighted by molar-refractivity contribution is 5.97. The average molecular weight is 248 g/mol. The van der Waals surface area contributed by atoms with Crippen molar-refractivity contribution in [1.29, 1.82) is 0 Å². The Morgan fingerprint density at radius 1 is 1.44 bits per heavy atom. The van der Waals surface area contributed by atoms with Gasteiger partial charge in [-0.2, -0.15) is 0 Å². The molecule has 2 rings (SSSR count). The second kappa shape index (κ2) is 5.87. The number of hydrogen-bond acceptors (Lipinski definition) is 3. The smallest absolute Gasteiger partial charge is 0.265 e. The minimum Gasteiger partial charge on any atom is -0.482 e. The molecular formula is C14H20N2O2. The van der Waals surface area contributed by atoms with Crippen LogP contribution < -0.4 is 15.0 Å². The number of amides is 1. The van der Waals surface area contributed by atoms with Gasteiger partial charge in [0.2, 0.25) is 0 Å². The van der Waals surface area contributed by atoms with Gasteiger partial charge in [0.05, 0.1) is 5.69 Å². The van der Waals surface area contributed by atoms with Crippen molar-refractivity contribution in [2.75, 3.05) is 25.1 Å². The van der Waals surface area contributed by atoms with Gasteiger partial charge in [-0.1, -0.05) is 25.5 Å². The van der Waals surface area contributed by atoms with E-state index in [4.69, 9.17) is 4.74 Å². The Morgan fingerprint density at radius 3 is 2.94 bits per heavy atom. The molecule has 1 aliphatic heterocycles. The van der Waals surface area contributed by atoms with E-state index in [1.54, 1.807) is 0 Å². The molecule has 0 radical (unpaired) electrons. The minimum absolute atomic E-state index is 0.0325. The third kappa shape index (κ3) is 2.64. The van der Waals surface area contributed by atoms with Crippen LogP contribution in [0.3, 0.4) is 0 Å². The number of nitrogens with zero attached hydrogens (tertiary/aromatic N) is 1. The van der Waals surface area contributed by atoms with E-state index in [1.165, 1.54) is 0 Å². The summed E-state index contributed by atoms with van der Waals surface area (Å²) in [5.74, 6) is 0.827. The van der Waals surface area contributed by atoms with E-state index in [9.17, 15) is 4.79 Å².